The van der Waals surface area contributed by atoms with Crippen LogP contribution in [0.4, 0.5) is 4.79 Å². The van der Waals surface area contributed by atoms with Gasteiger partial charge in [-0.1, -0.05) is 59.6 Å². The quantitative estimate of drug-likeness (QED) is 0.667. The number of imide groups is 1. The topological polar surface area (TPSA) is 61.8 Å². The molecule has 0 aromatic heterocycles. The molecule has 5 nitrogen and oxygen atoms in total. The Labute approximate surface area is 148 Å². The van der Waals surface area contributed by atoms with Crippen LogP contribution in [0.15, 0.2) is 53.6 Å². The lowest BCUT2D eigenvalue weighted by Crippen LogP contribution is -2.40. The van der Waals surface area contributed by atoms with Crippen LogP contribution in [0.2, 0.25) is 10.0 Å². The van der Waals surface area contributed by atoms with Gasteiger partial charge in [0.2, 0.25) is 0 Å². The van der Waals surface area contributed by atoms with Crippen LogP contribution >= 0.6 is 23.2 Å². The fraction of sp³-hybridized carbons (Fsp3) is 0.118. The molecule has 3 rings (SSSR count). The summed E-state index contributed by atoms with van der Waals surface area (Å²) in [6.07, 6.45) is 1.30. The third kappa shape index (κ3) is 2.77. The van der Waals surface area contributed by atoms with Gasteiger partial charge in [0.05, 0.1) is 16.3 Å². The van der Waals surface area contributed by atoms with E-state index in [9.17, 15) is 9.59 Å². The van der Waals surface area contributed by atoms with Gasteiger partial charge in [-0.15, -0.1) is 5.01 Å². The summed E-state index contributed by atoms with van der Waals surface area (Å²) in [4.78, 5) is 24.9. The Morgan fingerprint density at radius 1 is 1.04 bits per heavy atom. The molecule has 3 amide bonds. The molecule has 0 bridgehead atoms. The second kappa shape index (κ2) is 6.26. The van der Waals surface area contributed by atoms with E-state index in [1.54, 1.807) is 49.4 Å². The van der Waals surface area contributed by atoms with Crippen molar-refractivity contribution in [2.75, 3.05) is 0 Å². The van der Waals surface area contributed by atoms with E-state index in [1.807, 2.05) is 6.07 Å². The number of hydrogen-bond donors (Lipinski definition) is 1. The predicted molar refractivity (Wildman–Crippen MR) is 93.2 cm³/mol. The van der Waals surface area contributed by atoms with Gasteiger partial charge in [0, 0.05) is 5.56 Å². The number of urea groups is 1. The molecule has 0 saturated carbocycles. The van der Waals surface area contributed by atoms with Crippen LogP contribution in [0.5, 0.6) is 0 Å². The van der Waals surface area contributed by atoms with E-state index in [0.717, 1.165) is 5.01 Å². The highest BCUT2D eigenvalue weighted by atomic mass is 35.5. The maximum atomic E-state index is 12.7. The molecule has 1 aliphatic heterocycles. The van der Waals surface area contributed by atoms with Crippen molar-refractivity contribution in [3.63, 3.8) is 0 Å². The second-order valence-electron chi connectivity index (χ2n) is 5.42. The summed E-state index contributed by atoms with van der Waals surface area (Å²) in [5, 5.41) is 8.19. The van der Waals surface area contributed by atoms with Gasteiger partial charge in [-0.3, -0.25) is 4.79 Å². The van der Waals surface area contributed by atoms with Gasteiger partial charge < -0.3 is 5.32 Å². The summed E-state index contributed by atoms with van der Waals surface area (Å²) in [5.74, 6) is -0.474. The van der Waals surface area contributed by atoms with Crippen LogP contribution in [0, 0.1) is 0 Å². The van der Waals surface area contributed by atoms with E-state index in [0.29, 0.717) is 21.2 Å². The smallest absolute Gasteiger partial charge is 0.318 e. The summed E-state index contributed by atoms with van der Waals surface area (Å²) in [6, 6.07) is 13.4. The number of hydrazone groups is 1. The number of amides is 3. The first-order valence-corrected chi connectivity index (χ1v) is 7.89. The van der Waals surface area contributed by atoms with Gasteiger partial charge >= 0.3 is 6.03 Å². The van der Waals surface area contributed by atoms with Crippen LogP contribution in [-0.2, 0) is 10.3 Å². The van der Waals surface area contributed by atoms with E-state index in [-0.39, 0.29) is 0 Å². The molecule has 1 atom stereocenters. The minimum atomic E-state index is -1.17. The molecule has 2 aromatic rings. The number of carbonyl (C=O) groups is 2. The monoisotopic (exact) mass is 361 g/mol. The molecule has 7 heteroatoms. The first-order valence-electron chi connectivity index (χ1n) is 7.14. The minimum absolute atomic E-state index is 0.379. The molecular formula is C17H13Cl2N3O2. The molecule has 1 aliphatic rings. The maximum Gasteiger partial charge on any atom is 0.346 e. The Bertz CT molecular complexity index is 819. The van der Waals surface area contributed by atoms with Crippen LogP contribution in [0.25, 0.3) is 0 Å². The van der Waals surface area contributed by atoms with E-state index in [1.165, 1.54) is 6.21 Å². The molecule has 2 aromatic carbocycles. The van der Waals surface area contributed by atoms with Gasteiger partial charge in [-0.05, 0) is 24.6 Å². The molecule has 24 heavy (non-hydrogen) atoms. The average Bonchev–Trinajstić information content (AvgIpc) is 2.79. The number of benzene rings is 2. The minimum Gasteiger partial charge on any atom is -0.318 e. The van der Waals surface area contributed by atoms with Crippen molar-refractivity contribution in [3.8, 4) is 0 Å². The lowest BCUT2D eigenvalue weighted by atomic mass is 9.92. The average molecular weight is 362 g/mol. The second-order valence-corrected chi connectivity index (χ2v) is 6.23. The zero-order valence-electron chi connectivity index (χ0n) is 12.7. The zero-order chi connectivity index (χ0) is 17.3. The molecule has 1 fully saturated rings. The van der Waals surface area contributed by atoms with E-state index in [2.05, 4.69) is 10.4 Å². The van der Waals surface area contributed by atoms with Crippen molar-refractivity contribution < 1.29 is 9.59 Å². The fourth-order valence-electron chi connectivity index (χ4n) is 2.45. The highest BCUT2D eigenvalue weighted by Gasteiger charge is 2.49. The van der Waals surface area contributed by atoms with Crippen molar-refractivity contribution in [1.29, 1.82) is 0 Å². The molecule has 1 saturated heterocycles. The normalized spacial score (nSPS) is 20.7. The summed E-state index contributed by atoms with van der Waals surface area (Å²) < 4.78 is 0. The number of halogens is 2. The van der Waals surface area contributed by atoms with Gasteiger partial charge in [-0.25, -0.2) is 4.79 Å². The van der Waals surface area contributed by atoms with Crippen molar-refractivity contribution in [2.45, 2.75) is 12.5 Å². The van der Waals surface area contributed by atoms with Gasteiger partial charge in [0.1, 0.15) is 5.54 Å². The standard InChI is InChI=1S/C17H13Cl2N3O2/c1-17(11-6-3-2-4-7-11)15(23)22(16(24)21-17)20-10-12-13(18)8-5-9-14(12)19/h2-10H,1H3,(H,21,24)/b20-10-/t17-/m1/s1. The number of hydrogen-bond acceptors (Lipinski definition) is 3. The highest BCUT2D eigenvalue weighted by Crippen LogP contribution is 2.29. The Hall–Kier alpha value is -2.37. The van der Waals surface area contributed by atoms with Crippen LogP contribution in [-0.4, -0.2) is 23.2 Å². The third-order valence-corrected chi connectivity index (χ3v) is 4.48. The molecule has 1 N–H and O–H groups in total. The van der Waals surface area contributed by atoms with Gasteiger partial charge in [0.25, 0.3) is 5.91 Å². The molecule has 0 aliphatic carbocycles. The van der Waals surface area contributed by atoms with Crippen LogP contribution in [0.3, 0.4) is 0 Å². The summed E-state index contributed by atoms with van der Waals surface area (Å²) in [5.41, 5.74) is -0.0495. The summed E-state index contributed by atoms with van der Waals surface area (Å²) in [6.45, 7) is 1.64. The maximum absolute atomic E-state index is 12.7. The Morgan fingerprint density at radius 2 is 1.67 bits per heavy atom. The van der Waals surface area contributed by atoms with Gasteiger partial charge in [-0.2, -0.15) is 5.10 Å². The molecule has 1 heterocycles. The number of nitrogens with one attached hydrogen (secondary N) is 1. The first kappa shape index (κ1) is 16.5. The number of carbonyl (C=O) groups excluding carboxylic acids is 2. The summed E-state index contributed by atoms with van der Waals surface area (Å²) in [7, 11) is 0. The van der Waals surface area contributed by atoms with Crippen molar-refractivity contribution in [2.24, 2.45) is 5.10 Å². The Kier molecular flexibility index (Phi) is 4.30. The van der Waals surface area contributed by atoms with Crippen LogP contribution < -0.4 is 5.32 Å². The zero-order valence-corrected chi connectivity index (χ0v) is 14.2. The van der Waals surface area contributed by atoms with Crippen molar-refractivity contribution in [1.82, 2.24) is 10.3 Å². The molecular weight excluding hydrogens is 349 g/mol. The van der Waals surface area contributed by atoms with E-state index >= 15 is 0 Å². The molecule has 122 valence electrons. The van der Waals surface area contributed by atoms with E-state index in [4.69, 9.17) is 23.2 Å². The SMILES string of the molecule is C[C@]1(c2ccccc2)NC(=O)N(/N=C\c2c(Cl)cccc2Cl)C1=O. The lowest BCUT2D eigenvalue weighted by Gasteiger charge is -2.20. The van der Waals surface area contributed by atoms with E-state index < -0.39 is 17.5 Å². The molecule has 0 spiro atoms. The first-order chi connectivity index (χ1) is 11.4. The lowest BCUT2D eigenvalue weighted by molar-refractivity contribution is -0.131. The largest absolute Gasteiger partial charge is 0.346 e. The van der Waals surface area contributed by atoms with Crippen molar-refractivity contribution in [3.05, 3.63) is 69.7 Å². The Morgan fingerprint density at radius 3 is 2.29 bits per heavy atom. The Balaban J connectivity index is 1.92. The van der Waals surface area contributed by atoms with Crippen LogP contribution in [0.1, 0.15) is 18.1 Å². The van der Waals surface area contributed by atoms with Crippen molar-refractivity contribution >= 4 is 41.4 Å². The molecule has 0 unspecified atom stereocenters. The molecule has 0 radical (unpaired) electrons. The fourth-order valence-corrected chi connectivity index (χ4v) is 2.94. The number of nitrogens with zero attached hydrogens (tertiary/aromatic N) is 2. The predicted octanol–water partition coefficient (Wildman–Crippen LogP) is 3.79. The highest BCUT2D eigenvalue weighted by molar-refractivity contribution is 6.38. The number of rotatable bonds is 3. The third-order valence-electron chi connectivity index (χ3n) is 3.82. The van der Waals surface area contributed by atoms with Gasteiger partial charge in [0.15, 0.2) is 0 Å². The summed E-state index contributed by atoms with van der Waals surface area (Å²) >= 11 is 12.1.